The van der Waals surface area contributed by atoms with Gasteiger partial charge in [-0.05, 0) is 80.0 Å². The number of anilines is 1. The molecule has 4 aliphatic carbocycles. The molecule has 39 heavy (non-hydrogen) atoms. The van der Waals surface area contributed by atoms with Gasteiger partial charge < -0.3 is 5.32 Å². The first kappa shape index (κ1) is 25.9. The molecule has 0 aliphatic heterocycles. The number of rotatable bonds is 6. The molecule has 0 radical (unpaired) electrons. The number of fused-ring (bicyclic) bond motifs is 1. The van der Waals surface area contributed by atoms with Crippen molar-refractivity contribution in [1.82, 2.24) is 9.55 Å². The monoisotopic (exact) mass is 549 g/mol. The Morgan fingerprint density at radius 3 is 2.44 bits per heavy atom. The van der Waals surface area contributed by atoms with Crippen LogP contribution in [-0.4, -0.2) is 33.7 Å². The molecule has 11 heteroatoms. The summed E-state index contributed by atoms with van der Waals surface area (Å²) in [5.41, 5.74) is -3.25. The molecule has 206 valence electrons. The van der Waals surface area contributed by atoms with Crippen LogP contribution in [-0.2, 0) is 0 Å². The lowest BCUT2D eigenvalue weighted by molar-refractivity contribution is -0.122. The fourth-order valence-electron chi connectivity index (χ4n) is 7.53. The van der Waals surface area contributed by atoms with E-state index in [1.165, 1.54) is 12.1 Å². The van der Waals surface area contributed by atoms with Crippen LogP contribution < -0.4 is 10.7 Å². The Hall–Kier alpha value is -3.37. The van der Waals surface area contributed by atoms with Gasteiger partial charge in [-0.15, -0.1) is 0 Å². The van der Waals surface area contributed by atoms with Crippen molar-refractivity contribution in [3.8, 4) is 5.69 Å². The molecule has 4 bridgehead atoms. The molecule has 1 aromatic carbocycles. The van der Waals surface area contributed by atoms with Gasteiger partial charge in [-0.25, -0.2) is 18.2 Å². The predicted molar refractivity (Wildman–Crippen MR) is 132 cm³/mol. The molecule has 2 unspecified atom stereocenters. The van der Waals surface area contributed by atoms with E-state index in [4.69, 9.17) is 0 Å². The lowest BCUT2D eigenvalue weighted by Crippen LogP contribution is -2.54. The first-order valence-electron chi connectivity index (χ1n) is 12.9. The summed E-state index contributed by atoms with van der Waals surface area (Å²) in [6, 6.07) is 5.07. The number of ketones is 1. The molecule has 0 amide bonds. The van der Waals surface area contributed by atoms with Crippen LogP contribution in [0.25, 0.3) is 16.7 Å². The van der Waals surface area contributed by atoms with E-state index in [1.54, 1.807) is 0 Å². The number of halogens is 6. The number of alkyl halides is 4. The highest BCUT2D eigenvalue weighted by Crippen LogP contribution is 2.64. The Morgan fingerprint density at radius 1 is 1.08 bits per heavy atom. The number of carbonyl (C=O) groups excluding carboxylic acids is 1. The lowest BCUT2D eigenvalue weighted by Gasteiger charge is -2.59. The van der Waals surface area contributed by atoms with E-state index >= 15 is 4.39 Å². The second kappa shape index (κ2) is 8.82. The SMILES string of the molecule is O=C(CC12CC3CC(CC(F)(C3)C1)C2)c1cn(-c2ccc(F)cc2F)c2nc(NCC(F)(F)F)ccc2c1=O. The van der Waals surface area contributed by atoms with Crippen LogP contribution in [0, 0.1) is 28.9 Å². The number of nitrogens with one attached hydrogen (secondary N) is 1. The van der Waals surface area contributed by atoms with Gasteiger partial charge in [0.2, 0.25) is 5.43 Å². The van der Waals surface area contributed by atoms with Crippen molar-refractivity contribution in [2.24, 2.45) is 17.3 Å². The Morgan fingerprint density at radius 2 is 1.79 bits per heavy atom. The average molecular weight is 550 g/mol. The molecular weight excluding hydrogens is 524 g/mol. The van der Waals surface area contributed by atoms with Crippen molar-refractivity contribution >= 4 is 22.6 Å². The topological polar surface area (TPSA) is 64.0 Å². The van der Waals surface area contributed by atoms with Gasteiger partial charge in [0.05, 0.1) is 16.6 Å². The summed E-state index contributed by atoms with van der Waals surface area (Å²) in [6.45, 7) is -1.39. The molecule has 7 rings (SSSR count). The molecular formula is C28H25F6N3O2. The van der Waals surface area contributed by atoms with Crippen molar-refractivity contribution in [3.05, 3.63) is 63.9 Å². The van der Waals surface area contributed by atoms with Gasteiger partial charge in [0.15, 0.2) is 11.4 Å². The van der Waals surface area contributed by atoms with Crippen LogP contribution >= 0.6 is 0 Å². The molecule has 5 nitrogen and oxygen atoms in total. The second-order valence-corrected chi connectivity index (χ2v) is 11.6. The van der Waals surface area contributed by atoms with Crippen molar-refractivity contribution in [3.63, 3.8) is 0 Å². The molecule has 2 aromatic heterocycles. The number of benzene rings is 1. The van der Waals surface area contributed by atoms with Gasteiger partial charge in [0.25, 0.3) is 0 Å². The summed E-state index contributed by atoms with van der Waals surface area (Å²) in [4.78, 5) is 31.2. The van der Waals surface area contributed by atoms with E-state index < -0.39 is 46.7 Å². The lowest BCUT2D eigenvalue weighted by atomic mass is 9.47. The summed E-state index contributed by atoms with van der Waals surface area (Å²) < 4.78 is 83.3. The zero-order valence-corrected chi connectivity index (χ0v) is 20.8. The number of carbonyl (C=O) groups is 1. The maximum Gasteiger partial charge on any atom is 0.405 e. The van der Waals surface area contributed by atoms with Crippen LogP contribution in [0.15, 0.2) is 41.3 Å². The number of pyridine rings is 2. The molecule has 2 atom stereocenters. The Labute approximate surface area is 219 Å². The summed E-state index contributed by atoms with van der Waals surface area (Å²) in [5.74, 6) is -2.20. The highest BCUT2D eigenvalue weighted by atomic mass is 19.4. The van der Waals surface area contributed by atoms with Crippen molar-refractivity contribution in [2.75, 3.05) is 11.9 Å². The standard InChI is InChI=1S/C28H25F6N3O2/c29-17-1-3-21(20(30)6-17)37-12-19(24(39)18-2-4-23(36-25(18)37)35-14-28(32,33)34)22(38)11-26-7-15-5-16(8-26)10-27(31,9-15)13-26/h1-4,6,12,15-16H,5,7-11,13-14H2,(H,35,36). The number of aromatic nitrogens is 2. The van der Waals surface area contributed by atoms with Crippen LogP contribution in [0.2, 0.25) is 0 Å². The minimum atomic E-state index is -4.54. The largest absolute Gasteiger partial charge is 0.405 e. The number of nitrogens with zero attached hydrogens (tertiary/aromatic N) is 2. The summed E-state index contributed by atoms with van der Waals surface area (Å²) in [5, 5.41) is 2.00. The first-order chi connectivity index (χ1) is 18.3. The number of hydrogen-bond donors (Lipinski definition) is 1. The smallest absolute Gasteiger partial charge is 0.361 e. The Balaban J connectivity index is 1.43. The minimum Gasteiger partial charge on any atom is -0.361 e. The Kier molecular flexibility index (Phi) is 5.86. The molecule has 0 spiro atoms. The molecule has 1 N–H and O–H groups in total. The maximum absolute atomic E-state index is 15.5. The molecule has 4 aliphatic rings. The zero-order chi connectivity index (χ0) is 27.7. The van der Waals surface area contributed by atoms with Crippen LogP contribution in [0.3, 0.4) is 0 Å². The fourth-order valence-corrected chi connectivity index (χ4v) is 7.53. The normalized spacial score (nSPS) is 27.7. The third-order valence-corrected chi connectivity index (χ3v) is 8.44. The van der Waals surface area contributed by atoms with E-state index in [0.29, 0.717) is 31.7 Å². The van der Waals surface area contributed by atoms with Crippen LogP contribution in [0.5, 0.6) is 0 Å². The predicted octanol–water partition coefficient (Wildman–Crippen LogP) is 6.52. The molecule has 2 heterocycles. The highest BCUT2D eigenvalue weighted by Gasteiger charge is 2.58. The van der Waals surface area contributed by atoms with Gasteiger partial charge >= 0.3 is 6.18 Å². The fraction of sp³-hybridized carbons (Fsp3) is 0.464. The van der Waals surface area contributed by atoms with E-state index in [9.17, 15) is 31.5 Å². The quantitative estimate of drug-likeness (QED) is 0.281. The Bertz CT molecular complexity index is 1530. The summed E-state index contributed by atoms with van der Waals surface area (Å²) in [7, 11) is 0. The van der Waals surface area contributed by atoms with Gasteiger partial charge in [0.1, 0.15) is 29.7 Å². The maximum atomic E-state index is 15.5. The zero-order valence-electron chi connectivity index (χ0n) is 20.8. The average Bonchev–Trinajstić information content (AvgIpc) is 2.81. The third-order valence-electron chi connectivity index (χ3n) is 8.44. The molecule has 4 fully saturated rings. The highest BCUT2D eigenvalue weighted by molar-refractivity contribution is 5.99. The summed E-state index contributed by atoms with van der Waals surface area (Å²) in [6.07, 6.45) is 0.187. The van der Waals surface area contributed by atoms with Gasteiger partial charge in [-0.1, -0.05) is 0 Å². The van der Waals surface area contributed by atoms with E-state index in [2.05, 4.69) is 10.3 Å². The summed E-state index contributed by atoms with van der Waals surface area (Å²) >= 11 is 0. The third kappa shape index (κ3) is 4.80. The van der Waals surface area contributed by atoms with Crippen molar-refractivity contribution < 1.29 is 31.1 Å². The van der Waals surface area contributed by atoms with Gasteiger partial charge in [-0.3, -0.25) is 14.2 Å². The molecule has 0 saturated heterocycles. The molecule has 3 aromatic rings. The van der Waals surface area contributed by atoms with Gasteiger partial charge in [0, 0.05) is 18.7 Å². The van der Waals surface area contributed by atoms with E-state index in [1.807, 2.05) is 0 Å². The van der Waals surface area contributed by atoms with E-state index in [0.717, 1.165) is 29.3 Å². The second-order valence-electron chi connectivity index (χ2n) is 11.6. The number of Topliss-reactive ketones (excluding diaryl/α,β-unsaturated/α-hetero) is 1. The van der Waals surface area contributed by atoms with Crippen LogP contribution in [0.4, 0.5) is 32.2 Å². The first-order valence-corrected chi connectivity index (χ1v) is 12.9. The van der Waals surface area contributed by atoms with Gasteiger partial charge in [-0.2, -0.15) is 13.2 Å². The molecule has 4 saturated carbocycles. The minimum absolute atomic E-state index is 0.0308. The van der Waals surface area contributed by atoms with Crippen molar-refractivity contribution in [1.29, 1.82) is 0 Å². The van der Waals surface area contributed by atoms with Crippen LogP contribution in [0.1, 0.15) is 55.3 Å². The number of hydrogen-bond acceptors (Lipinski definition) is 4. The van der Waals surface area contributed by atoms with E-state index in [-0.39, 0.29) is 52.8 Å². The van der Waals surface area contributed by atoms with Crippen molar-refractivity contribution in [2.45, 2.75) is 56.8 Å².